The normalized spacial score (nSPS) is 26.6. The van der Waals surface area contributed by atoms with Crippen LogP contribution in [-0.2, 0) is 4.74 Å². The number of ether oxygens (including phenoxy) is 1. The quantitative estimate of drug-likeness (QED) is 0.262. The molecule has 37 heavy (non-hydrogen) atoms. The minimum absolute atomic E-state index is 0.177. The molecule has 8 rings (SSSR count). The molecule has 1 saturated heterocycles. The monoisotopic (exact) mass is 501 g/mol. The summed E-state index contributed by atoms with van der Waals surface area (Å²) in [6.07, 6.45) is -4.67. The number of hydrogen-bond acceptors (Lipinski definition) is 6. The van der Waals surface area contributed by atoms with Gasteiger partial charge >= 0.3 is 0 Å². The fourth-order valence-electron chi connectivity index (χ4n) is 6.77. The fraction of sp³-hybridized carbons (Fsp3) is 0.259. The zero-order chi connectivity index (χ0) is 25.5. The van der Waals surface area contributed by atoms with Crippen LogP contribution in [0.3, 0.4) is 0 Å². The third-order valence-electron chi connectivity index (χ3n) is 8.20. The number of hydrogen-bond donors (Lipinski definition) is 4. The lowest BCUT2D eigenvalue weighted by Gasteiger charge is -2.46. The maximum atomic E-state index is 14.6. The van der Waals surface area contributed by atoms with E-state index in [1.165, 1.54) is 12.1 Å². The number of amides is 2. The van der Waals surface area contributed by atoms with Crippen LogP contribution in [0, 0.1) is 12.7 Å². The predicted octanol–water partition coefficient (Wildman–Crippen LogP) is 2.40. The van der Waals surface area contributed by atoms with Gasteiger partial charge < -0.3 is 29.2 Å². The Kier molecular flexibility index (Phi) is 3.87. The summed E-state index contributed by atoms with van der Waals surface area (Å²) in [5, 5.41) is 36.7. The number of imide groups is 1. The molecule has 3 aromatic carbocycles. The first-order chi connectivity index (χ1) is 17.8. The van der Waals surface area contributed by atoms with Gasteiger partial charge in [0.15, 0.2) is 6.23 Å². The van der Waals surface area contributed by atoms with Crippen molar-refractivity contribution in [3.8, 4) is 0 Å². The van der Waals surface area contributed by atoms with E-state index >= 15 is 0 Å². The second-order valence-electron chi connectivity index (χ2n) is 10.1. The van der Waals surface area contributed by atoms with Crippen LogP contribution in [0.4, 0.5) is 4.39 Å². The molecule has 0 radical (unpaired) electrons. The van der Waals surface area contributed by atoms with Gasteiger partial charge in [0.05, 0.1) is 34.3 Å². The molecule has 9 nitrogen and oxygen atoms in total. The first-order valence-corrected chi connectivity index (χ1v) is 12.0. The van der Waals surface area contributed by atoms with Crippen molar-refractivity contribution < 1.29 is 34.0 Å². The van der Waals surface area contributed by atoms with Crippen molar-refractivity contribution in [1.29, 1.82) is 0 Å². The predicted molar refractivity (Wildman–Crippen MR) is 131 cm³/mol. The first-order valence-electron chi connectivity index (χ1n) is 12.0. The second-order valence-corrected chi connectivity index (χ2v) is 10.1. The van der Waals surface area contributed by atoms with Gasteiger partial charge in [-0.15, -0.1) is 0 Å². The van der Waals surface area contributed by atoms with Crippen LogP contribution in [0.25, 0.3) is 43.6 Å². The molecule has 3 aliphatic rings. The van der Waals surface area contributed by atoms with Crippen molar-refractivity contribution in [2.24, 2.45) is 0 Å². The second kappa shape index (κ2) is 6.73. The Bertz CT molecular complexity index is 1910. The number of aromatic nitrogens is 2. The van der Waals surface area contributed by atoms with Gasteiger partial charge in [0.2, 0.25) is 0 Å². The maximum absolute atomic E-state index is 14.6. The van der Waals surface area contributed by atoms with Gasteiger partial charge in [0, 0.05) is 27.1 Å². The van der Waals surface area contributed by atoms with E-state index in [2.05, 4.69) is 5.32 Å². The van der Waals surface area contributed by atoms with Crippen LogP contribution in [0.5, 0.6) is 0 Å². The molecular formula is C27H20FN3O6. The van der Waals surface area contributed by atoms with E-state index in [4.69, 9.17) is 4.74 Å². The Morgan fingerprint density at radius 1 is 0.919 bits per heavy atom. The van der Waals surface area contributed by atoms with Crippen molar-refractivity contribution in [3.05, 3.63) is 58.9 Å². The number of halogens is 1. The van der Waals surface area contributed by atoms with Crippen LogP contribution in [0.1, 0.15) is 38.5 Å². The zero-order valence-corrected chi connectivity index (χ0v) is 19.4. The molecule has 0 bridgehead atoms. The van der Waals surface area contributed by atoms with Gasteiger partial charge in [-0.25, -0.2) is 4.39 Å². The van der Waals surface area contributed by atoms with E-state index in [0.717, 1.165) is 5.56 Å². The fourth-order valence-corrected chi connectivity index (χ4v) is 6.77. The zero-order valence-electron chi connectivity index (χ0n) is 19.4. The average molecular weight is 501 g/mol. The van der Waals surface area contributed by atoms with E-state index in [9.17, 15) is 29.3 Å². The molecule has 10 heteroatoms. The molecule has 1 fully saturated rings. The van der Waals surface area contributed by atoms with Gasteiger partial charge in [0.25, 0.3) is 11.8 Å². The molecule has 0 unspecified atom stereocenters. The molecule has 3 aliphatic heterocycles. The van der Waals surface area contributed by atoms with Crippen molar-refractivity contribution in [3.63, 3.8) is 0 Å². The molecule has 4 N–H and O–H groups in total. The summed E-state index contributed by atoms with van der Waals surface area (Å²) in [5.74, 6) is -1.61. The Hall–Kier alpha value is -3.83. The summed E-state index contributed by atoms with van der Waals surface area (Å²) >= 11 is 0. The molecule has 186 valence electrons. The number of nitrogens with zero attached hydrogens (tertiary/aromatic N) is 2. The van der Waals surface area contributed by atoms with Crippen molar-refractivity contribution in [1.82, 2.24) is 14.5 Å². The summed E-state index contributed by atoms with van der Waals surface area (Å²) in [5.41, 5.74) is 3.71. The van der Waals surface area contributed by atoms with Crippen LogP contribution in [0.15, 0.2) is 36.4 Å². The van der Waals surface area contributed by atoms with Crippen LogP contribution in [0.2, 0.25) is 0 Å². The molecule has 5 aromatic rings. The number of carbonyl (C=O) groups is 2. The maximum Gasteiger partial charge on any atom is 0.259 e. The molecule has 0 saturated carbocycles. The highest BCUT2D eigenvalue weighted by Gasteiger charge is 2.51. The molecule has 0 spiro atoms. The molecule has 5 atom stereocenters. The number of aryl methyl sites for hydroxylation is 1. The third kappa shape index (κ3) is 2.33. The third-order valence-corrected chi connectivity index (χ3v) is 8.20. The Morgan fingerprint density at radius 3 is 2.24 bits per heavy atom. The summed E-state index contributed by atoms with van der Waals surface area (Å²) in [6.45, 7) is 1.40. The standard InChI is InChI=1S/C27H20FN3O6/c1-9-2-4-13-11(6-9)16-18-19(26(36)29-25(18)35)17-12-7-10(28)3-5-14(12)31-21(17)20(16)30(13)22-24(34)23(33)15(8-32)37-27(22)31/h2-7,15,22-24,27,32-34H,8H2,1H3,(H,29,35,36)/t15-,22+,23+,24-,27-/m1/s1. The summed E-state index contributed by atoms with van der Waals surface area (Å²) in [7, 11) is 0. The Morgan fingerprint density at radius 2 is 1.54 bits per heavy atom. The Balaban J connectivity index is 1.70. The van der Waals surface area contributed by atoms with E-state index < -0.39 is 54.8 Å². The highest BCUT2D eigenvalue weighted by atomic mass is 19.1. The molecule has 2 aromatic heterocycles. The van der Waals surface area contributed by atoms with Gasteiger partial charge in [0.1, 0.15) is 30.2 Å². The highest BCUT2D eigenvalue weighted by molar-refractivity contribution is 6.39. The van der Waals surface area contributed by atoms with Gasteiger partial charge in [-0.3, -0.25) is 14.9 Å². The lowest BCUT2D eigenvalue weighted by molar-refractivity contribution is -0.223. The largest absolute Gasteiger partial charge is 0.394 e. The van der Waals surface area contributed by atoms with E-state index in [0.29, 0.717) is 43.6 Å². The summed E-state index contributed by atoms with van der Waals surface area (Å²) in [6, 6.07) is 9.07. The van der Waals surface area contributed by atoms with Crippen molar-refractivity contribution in [2.75, 3.05) is 6.61 Å². The lowest BCUT2D eigenvalue weighted by Crippen LogP contribution is -2.55. The topological polar surface area (TPSA) is 126 Å². The molecule has 5 heterocycles. The van der Waals surface area contributed by atoms with Crippen molar-refractivity contribution >= 4 is 55.4 Å². The summed E-state index contributed by atoms with van der Waals surface area (Å²) in [4.78, 5) is 26.4. The van der Waals surface area contributed by atoms with E-state index in [-0.39, 0.29) is 11.1 Å². The van der Waals surface area contributed by atoms with E-state index in [1.54, 1.807) is 10.6 Å². The van der Waals surface area contributed by atoms with Crippen LogP contribution < -0.4 is 5.32 Å². The Labute approximate surface area is 207 Å². The number of fused-ring (bicyclic) bond motifs is 12. The number of benzene rings is 3. The smallest absolute Gasteiger partial charge is 0.259 e. The highest BCUT2D eigenvalue weighted by Crippen LogP contribution is 2.53. The minimum atomic E-state index is -1.38. The first kappa shape index (κ1) is 21.3. The van der Waals surface area contributed by atoms with Gasteiger partial charge in [-0.1, -0.05) is 11.6 Å². The number of nitrogens with one attached hydrogen (secondary N) is 1. The van der Waals surface area contributed by atoms with Crippen LogP contribution >= 0.6 is 0 Å². The van der Waals surface area contributed by atoms with Crippen LogP contribution in [-0.4, -0.2) is 61.2 Å². The summed E-state index contributed by atoms with van der Waals surface area (Å²) < 4.78 is 24.5. The number of aliphatic hydroxyl groups is 3. The number of carbonyl (C=O) groups excluding carboxylic acids is 2. The van der Waals surface area contributed by atoms with Gasteiger partial charge in [-0.2, -0.15) is 0 Å². The average Bonchev–Trinajstić information content (AvgIpc) is 3.47. The minimum Gasteiger partial charge on any atom is -0.394 e. The molecule has 2 amide bonds. The number of rotatable bonds is 1. The van der Waals surface area contributed by atoms with Gasteiger partial charge in [-0.05, 0) is 37.3 Å². The van der Waals surface area contributed by atoms with Crippen molar-refractivity contribution in [2.45, 2.75) is 37.5 Å². The molecular weight excluding hydrogens is 481 g/mol. The molecule has 0 aliphatic carbocycles. The lowest BCUT2D eigenvalue weighted by atomic mass is 9.93. The van der Waals surface area contributed by atoms with E-state index in [1.807, 2.05) is 29.7 Å². The SMILES string of the molecule is Cc1ccc2c(c1)c1c3c(c4c5cc(F)ccc5n5c4c1n2[C@H]1[C@@H](O)[C@@H](O)[C@@H](CO)O[C@H]15)C(=O)NC3=O. The number of aliphatic hydroxyl groups excluding tert-OH is 3.